The summed E-state index contributed by atoms with van der Waals surface area (Å²) < 4.78 is 0. The Hall–Kier alpha value is -2.39. The van der Waals surface area contributed by atoms with Gasteiger partial charge in [0.2, 0.25) is 5.91 Å². The molecule has 1 aliphatic rings. The fraction of sp³-hybridized carbons (Fsp3) is 0.300. The van der Waals surface area contributed by atoms with Crippen molar-refractivity contribution in [3.63, 3.8) is 0 Å². The van der Waals surface area contributed by atoms with Crippen LogP contribution in [-0.2, 0) is 11.3 Å². The summed E-state index contributed by atoms with van der Waals surface area (Å²) in [6.45, 7) is 4.79. The summed E-state index contributed by atoms with van der Waals surface area (Å²) in [4.78, 5) is 16.7. The van der Waals surface area contributed by atoms with Gasteiger partial charge in [0.05, 0.1) is 18.2 Å². The van der Waals surface area contributed by atoms with Gasteiger partial charge in [-0.05, 0) is 35.9 Å². The second-order valence-electron chi connectivity index (χ2n) is 6.42. The highest BCUT2D eigenvalue weighted by atomic mass is 35.5. The molecular weight excluding hydrogens is 348 g/mol. The first kappa shape index (κ1) is 18.4. The van der Waals surface area contributed by atoms with Crippen molar-refractivity contribution in [1.29, 1.82) is 5.26 Å². The van der Waals surface area contributed by atoms with E-state index in [1.165, 1.54) is 5.56 Å². The number of benzene rings is 2. The third-order valence-corrected chi connectivity index (χ3v) is 4.64. The molecule has 5 nitrogen and oxygen atoms in total. The van der Waals surface area contributed by atoms with E-state index >= 15 is 0 Å². The van der Waals surface area contributed by atoms with Crippen LogP contribution < -0.4 is 5.32 Å². The number of hydrogen-bond donors (Lipinski definition) is 1. The van der Waals surface area contributed by atoms with Crippen LogP contribution in [0.3, 0.4) is 0 Å². The number of amides is 1. The van der Waals surface area contributed by atoms with Crippen LogP contribution >= 0.6 is 11.6 Å². The Kier molecular flexibility index (Phi) is 6.24. The van der Waals surface area contributed by atoms with Crippen LogP contribution in [0.4, 0.5) is 5.69 Å². The van der Waals surface area contributed by atoms with Crippen LogP contribution in [0.15, 0.2) is 48.5 Å². The Morgan fingerprint density at radius 3 is 2.54 bits per heavy atom. The van der Waals surface area contributed by atoms with Gasteiger partial charge < -0.3 is 5.32 Å². The molecule has 0 atom stereocenters. The molecule has 0 saturated carbocycles. The number of carbonyl (C=O) groups is 1. The molecule has 6 heteroatoms. The quantitative estimate of drug-likeness (QED) is 0.881. The molecule has 3 rings (SSSR count). The van der Waals surface area contributed by atoms with Crippen LogP contribution in [0.1, 0.15) is 11.1 Å². The van der Waals surface area contributed by atoms with Crippen molar-refractivity contribution in [1.82, 2.24) is 9.80 Å². The average molecular weight is 369 g/mol. The summed E-state index contributed by atoms with van der Waals surface area (Å²) in [6, 6.07) is 17.0. The second kappa shape index (κ2) is 8.81. The van der Waals surface area contributed by atoms with Crippen LogP contribution in [0.25, 0.3) is 0 Å². The first-order chi connectivity index (χ1) is 12.6. The van der Waals surface area contributed by atoms with E-state index < -0.39 is 0 Å². The Bertz CT molecular complexity index is 809. The maximum Gasteiger partial charge on any atom is 0.238 e. The van der Waals surface area contributed by atoms with Gasteiger partial charge in [-0.15, -0.1) is 0 Å². The normalized spacial score (nSPS) is 15.4. The molecule has 1 heterocycles. The van der Waals surface area contributed by atoms with E-state index in [1.54, 1.807) is 24.3 Å². The van der Waals surface area contributed by atoms with E-state index in [4.69, 9.17) is 16.9 Å². The zero-order chi connectivity index (χ0) is 18.4. The maximum atomic E-state index is 12.2. The lowest BCUT2D eigenvalue weighted by Crippen LogP contribution is -2.48. The smallest absolute Gasteiger partial charge is 0.238 e. The van der Waals surface area contributed by atoms with Gasteiger partial charge in [0, 0.05) is 43.4 Å². The molecule has 0 radical (unpaired) electrons. The molecule has 0 aromatic heterocycles. The Morgan fingerprint density at radius 2 is 1.81 bits per heavy atom. The molecule has 0 bridgehead atoms. The van der Waals surface area contributed by atoms with Gasteiger partial charge in [-0.25, -0.2) is 0 Å². The van der Waals surface area contributed by atoms with Crippen molar-refractivity contribution in [2.24, 2.45) is 0 Å². The first-order valence-corrected chi connectivity index (χ1v) is 8.99. The van der Waals surface area contributed by atoms with Gasteiger partial charge in [-0.1, -0.05) is 29.8 Å². The molecule has 0 aliphatic carbocycles. The molecule has 0 unspecified atom stereocenters. The minimum atomic E-state index is -0.0524. The van der Waals surface area contributed by atoms with Crippen molar-refractivity contribution in [3.05, 3.63) is 64.7 Å². The number of halogens is 1. The van der Waals surface area contributed by atoms with E-state index in [9.17, 15) is 4.79 Å². The molecule has 26 heavy (non-hydrogen) atoms. The van der Waals surface area contributed by atoms with E-state index in [-0.39, 0.29) is 5.91 Å². The monoisotopic (exact) mass is 368 g/mol. The molecule has 1 N–H and O–H groups in total. The Labute approximate surface area is 158 Å². The van der Waals surface area contributed by atoms with Crippen molar-refractivity contribution in [3.8, 4) is 6.07 Å². The first-order valence-electron chi connectivity index (χ1n) is 8.61. The highest BCUT2D eigenvalue weighted by Crippen LogP contribution is 2.14. The number of nitriles is 1. The Balaban J connectivity index is 1.44. The third kappa shape index (κ3) is 5.30. The number of hydrogen-bond acceptors (Lipinski definition) is 4. The summed E-state index contributed by atoms with van der Waals surface area (Å²) in [6.07, 6.45) is 0. The zero-order valence-corrected chi connectivity index (χ0v) is 15.2. The fourth-order valence-electron chi connectivity index (χ4n) is 3.07. The number of nitrogens with zero attached hydrogens (tertiary/aromatic N) is 3. The van der Waals surface area contributed by atoms with Crippen LogP contribution in [0.5, 0.6) is 0 Å². The minimum absolute atomic E-state index is 0.0524. The third-order valence-electron chi connectivity index (χ3n) is 4.40. The number of piperazine rings is 1. The molecule has 1 aliphatic heterocycles. The number of rotatable bonds is 5. The van der Waals surface area contributed by atoms with Gasteiger partial charge in [-0.2, -0.15) is 5.26 Å². The van der Waals surface area contributed by atoms with E-state index in [0.717, 1.165) is 37.7 Å². The summed E-state index contributed by atoms with van der Waals surface area (Å²) in [5.74, 6) is -0.0524. The largest absolute Gasteiger partial charge is 0.325 e. The molecule has 2 aromatic carbocycles. The highest BCUT2D eigenvalue weighted by Gasteiger charge is 2.19. The van der Waals surface area contributed by atoms with Gasteiger partial charge in [0.25, 0.3) is 0 Å². The summed E-state index contributed by atoms with van der Waals surface area (Å²) in [7, 11) is 0. The van der Waals surface area contributed by atoms with Crippen LogP contribution in [0, 0.1) is 11.3 Å². The zero-order valence-electron chi connectivity index (χ0n) is 14.5. The predicted molar refractivity (Wildman–Crippen MR) is 103 cm³/mol. The standard InChI is InChI=1S/C20H21ClN4O/c21-18-5-1-4-17(11-18)14-24-7-9-25(10-8-24)15-20(26)23-19-6-2-3-16(12-19)13-22/h1-6,11-12H,7-10,14-15H2,(H,23,26). The lowest BCUT2D eigenvalue weighted by atomic mass is 10.2. The molecule has 0 spiro atoms. The fourth-order valence-corrected chi connectivity index (χ4v) is 3.28. The van der Waals surface area contributed by atoms with Crippen molar-refractivity contribution < 1.29 is 4.79 Å². The predicted octanol–water partition coefficient (Wildman–Crippen LogP) is 2.97. The molecule has 2 aromatic rings. The van der Waals surface area contributed by atoms with Gasteiger partial charge in [-0.3, -0.25) is 14.6 Å². The van der Waals surface area contributed by atoms with E-state index in [0.29, 0.717) is 17.8 Å². The maximum absolute atomic E-state index is 12.2. The van der Waals surface area contributed by atoms with Crippen molar-refractivity contribution >= 4 is 23.2 Å². The van der Waals surface area contributed by atoms with E-state index in [2.05, 4.69) is 27.3 Å². The van der Waals surface area contributed by atoms with Gasteiger partial charge >= 0.3 is 0 Å². The minimum Gasteiger partial charge on any atom is -0.325 e. The summed E-state index contributed by atoms with van der Waals surface area (Å²) in [5.41, 5.74) is 2.41. The topological polar surface area (TPSA) is 59.4 Å². The van der Waals surface area contributed by atoms with E-state index in [1.807, 2.05) is 18.2 Å². The number of nitrogens with one attached hydrogen (secondary N) is 1. The lowest BCUT2D eigenvalue weighted by molar-refractivity contribution is -0.117. The SMILES string of the molecule is N#Cc1cccc(NC(=O)CN2CCN(Cc3cccc(Cl)c3)CC2)c1. The molecule has 134 valence electrons. The number of anilines is 1. The van der Waals surface area contributed by atoms with Crippen LogP contribution in [-0.4, -0.2) is 48.4 Å². The van der Waals surface area contributed by atoms with Gasteiger partial charge in [0.1, 0.15) is 0 Å². The average Bonchev–Trinajstić information content (AvgIpc) is 2.63. The van der Waals surface area contributed by atoms with Crippen LogP contribution in [0.2, 0.25) is 5.02 Å². The number of carbonyl (C=O) groups excluding carboxylic acids is 1. The molecule has 1 fully saturated rings. The lowest BCUT2D eigenvalue weighted by Gasteiger charge is -2.34. The summed E-state index contributed by atoms with van der Waals surface area (Å²) in [5, 5.41) is 12.5. The highest BCUT2D eigenvalue weighted by molar-refractivity contribution is 6.30. The summed E-state index contributed by atoms with van der Waals surface area (Å²) >= 11 is 6.04. The molecule has 1 amide bonds. The second-order valence-corrected chi connectivity index (χ2v) is 6.86. The van der Waals surface area contributed by atoms with Gasteiger partial charge in [0.15, 0.2) is 0 Å². The van der Waals surface area contributed by atoms with Crippen molar-refractivity contribution in [2.75, 3.05) is 38.0 Å². The molecular formula is C20H21ClN4O. The van der Waals surface area contributed by atoms with Crippen molar-refractivity contribution in [2.45, 2.75) is 6.54 Å². The molecule has 1 saturated heterocycles. The Morgan fingerprint density at radius 1 is 1.08 bits per heavy atom.